The number of hydrogen-bond donors (Lipinski definition) is 3. The highest BCUT2D eigenvalue weighted by atomic mass is 16.5. The van der Waals surface area contributed by atoms with E-state index in [1.54, 1.807) is 0 Å². The van der Waals surface area contributed by atoms with Crippen molar-refractivity contribution in [3.63, 3.8) is 0 Å². The lowest BCUT2D eigenvalue weighted by Gasteiger charge is -2.14. The van der Waals surface area contributed by atoms with Gasteiger partial charge >= 0.3 is 12.1 Å². The number of alkyl carbamates (subject to hydrolysis) is 1. The molecule has 0 aliphatic heterocycles. The summed E-state index contributed by atoms with van der Waals surface area (Å²) in [4.78, 5) is 34.7. The first kappa shape index (κ1) is 20.9. The second-order valence-electron chi connectivity index (χ2n) is 8.10. The van der Waals surface area contributed by atoms with Crippen LogP contribution in [-0.4, -0.2) is 42.8 Å². The van der Waals surface area contributed by atoms with Crippen LogP contribution >= 0.6 is 0 Å². The number of carbonyl (C=O) groups is 3. The minimum atomic E-state index is -0.870. The van der Waals surface area contributed by atoms with E-state index in [2.05, 4.69) is 34.9 Å². The minimum absolute atomic E-state index is 0.0170. The Kier molecular flexibility index (Phi) is 6.21. The van der Waals surface area contributed by atoms with E-state index in [-0.39, 0.29) is 36.7 Å². The molecule has 0 aromatic heterocycles. The van der Waals surface area contributed by atoms with Crippen LogP contribution in [0.1, 0.15) is 36.3 Å². The molecule has 7 nitrogen and oxygen atoms in total. The van der Waals surface area contributed by atoms with Crippen LogP contribution in [0.25, 0.3) is 11.1 Å². The summed E-state index contributed by atoms with van der Waals surface area (Å²) in [5.41, 5.74) is 4.70. The molecule has 1 fully saturated rings. The van der Waals surface area contributed by atoms with Crippen molar-refractivity contribution in [3.05, 3.63) is 59.7 Å². The van der Waals surface area contributed by atoms with Crippen LogP contribution in [0, 0.1) is 11.8 Å². The van der Waals surface area contributed by atoms with Crippen LogP contribution in [0.2, 0.25) is 0 Å². The van der Waals surface area contributed by atoms with E-state index in [1.807, 2.05) is 24.3 Å². The van der Waals surface area contributed by atoms with E-state index < -0.39 is 12.1 Å². The van der Waals surface area contributed by atoms with Crippen LogP contribution in [0.5, 0.6) is 0 Å². The molecule has 3 N–H and O–H groups in total. The Morgan fingerprint density at radius 2 is 1.61 bits per heavy atom. The Hall–Kier alpha value is -3.35. The number of amides is 2. The first-order valence-corrected chi connectivity index (χ1v) is 10.6. The lowest BCUT2D eigenvalue weighted by molar-refractivity contribution is -0.137. The zero-order valence-corrected chi connectivity index (χ0v) is 17.2. The number of aliphatic carboxylic acids is 1. The highest BCUT2D eigenvalue weighted by Crippen LogP contribution is 2.44. The molecule has 2 amide bonds. The van der Waals surface area contributed by atoms with Gasteiger partial charge in [0.2, 0.25) is 5.91 Å². The summed E-state index contributed by atoms with van der Waals surface area (Å²) in [6.45, 7) is 1.01. The SMILES string of the molecule is O=C(O)CCCNC(=O)C1CC1CNC(=O)OCC1c2ccccc2-c2ccccc21. The van der Waals surface area contributed by atoms with Gasteiger partial charge in [-0.3, -0.25) is 9.59 Å². The standard InChI is InChI=1S/C24H26N2O5/c27-22(28)10-5-11-25-23(29)20-12-15(20)13-26-24(30)31-14-21-18-8-3-1-6-16(18)17-7-2-4-9-19(17)21/h1-4,6-9,15,20-21H,5,10-14H2,(H,25,29)(H,26,30)(H,27,28). The van der Waals surface area contributed by atoms with Crippen molar-refractivity contribution in [2.75, 3.05) is 19.7 Å². The van der Waals surface area contributed by atoms with Gasteiger partial charge in [-0.25, -0.2) is 4.79 Å². The monoisotopic (exact) mass is 422 g/mol. The highest BCUT2D eigenvalue weighted by molar-refractivity contribution is 5.82. The maximum Gasteiger partial charge on any atom is 0.407 e. The predicted octanol–water partition coefficient (Wildman–Crippen LogP) is 3.14. The normalized spacial score (nSPS) is 18.6. The van der Waals surface area contributed by atoms with Gasteiger partial charge < -0.3 is 20.5 Å². The van der Waals surface area contributed by atoms with Crippen molar-refractivity contribution in [2.24, 2.45) is 11.8 Å². The third-order valence-electron chi connectivity index (χ3n) is 5.98. The molecule has 0 radical (unpaired) electrons. The molecule has 2 aromatic carbocycles. The van der Waals surface area contributed by atoms with Gasteiger partial charge in [-0.15, -0.1) is 0 Å². The second kappa shape index (κ2) is 9.20. The number of nitrogens with one attached hydrogen (secondary N) is 2. The predicted molar refractivity (Wildman–Crippen MR) is 115 cm³/mol. The molecule has 2 aliphatic rings. The van der Waals surface area contributed by atoms with Crippen molar-refractivity contribution in [2.45, 2.75) is 25.2 Å². The largest absolute Gasteiger partial charge is 0.481 e. The molecule has 1 saturated carbocycles. The number of carboxylic acids is 1. The lowest BCUT2D eigenvalue weighted by Crippen LogP contribution is -2.31. The second-order valence-corrected chi connectivity index (χ2v) is 8.10. The van der Waals surface area contributed by atoms with Crippen molar-refractivity contribution in [1.82, 2.24) is 10.6 Å². The van der Waals surface area contributed by atoms with E-state index in [4.69, 9.17) is 9.84 Å². The Morgan fingerprint density at radius 3 is 2.26 bits per heavy atom. The van der Waals surface area contributed by atoms with Gasteiger partial charge in [0.25, 0.3) is 0 Å². The van der Waals surface area contributed by atoms with Crippen LogP contribution in [-0.2, 0) is 14.3 Å². The maximum atomic E-state index is 12.2. The fourth-order valence-corrected chi connectivity index (χ4v) is 4.24. The summed E-state index contributed by atoms with van der Waals surface area (Å²) in [5.74, 6) is -0.961. The number of carboxylic acid groups (broad SMARTS) is 1. The molecule has 0 saturated heterocycles. The fraction of sp³-hybridized carbons (Fsp3) is 0.375. The molecule has 2 unspecified atom stereocenters. The number of benzene rings is 2. The molecule has 31 heavy (non-hydrogen) atoms. The average molecular weight is 422 g/mol. The Morgan fingerprint density at radius 1 is 0.968 bits per heavy atom. The molecule has 162 valence electrons. The number of fused-ring (bicyclic) bond motifs is 3. The van der Waals surface area contributed by atoms with Gasteiger partial charge in [-0.2, -0.15) is 0 Å². The van der Waals surface area contributed by atoms with E-state index >= 15 is 0 Å². The first-order chi connectivity index (χ1) is 15.0. The molecular weight excluding hydrogens is 396 g/mol. The highest BCUT2D eigenvalue weighted by Gasteiger charge is 2.42. The topological polar surface area (TPSA) is 105 Å². The molecule has 0 spiro atoms. The summed E-state index contributed by atoms with van der Waals surface area (Å²) in [6, 6.07) is 16.4. The van der Waals surface area contributed by atoms with Crippen LogP contribution in [0.15, 0.2) is 48.5 Å². The van der Waals surface area contributed by atoms with Gasteiger partial charge in [0.05, 0.1) is 0 Å². The van der Waals surface area contributed by atoms with E-state index in [9.17, 15) is 14.4 Å². The van der Waals surface area contributed by atoms with Gasteiger partial charge in [0.1, 0.15) is 6.61 Å². The zero-order chi connectivity index (χ0) is 21.8. The molecular formula is C24H26N2O5. The maximum absolute atomic E-state index is 12.2. The average Bonchev–Trinajstić information content (AvgIpc) is 3.49. The number of ether oxygens (including phenoxy) is 1. The van der Waals surface area contributed by atoms with Gasteiger partial charge in [0, 0.05) is 31.3 Å². The molecule has 2 aliphatic carbocycles. The van der Waals surface area contributed by atoms with Crippen LogP contribution in [0.4, 0.5) is 4.79 Å². The number of carbonyl (C=O) groups excluding carboxylic acids is 2. The summed E-state index contributed by atoms with van der Waals surface area (Å²) in [6.07, 6.45) is 0.692. The van der Waals surface area contributed by atoms with Crippen molar-refractivity contribution in [3.8, 4) is 11.1 Å². The zero-order valence-electron chi connectivity index (χ0n) is 17.2. The van der Waals surface area contributed by atoms with Crippen LogP contribution in [0.3, 0.4) is 0 Å². The van der Waals surface area contributed by atoms with E-state index in [1.165, 1.54) is 22.3 Å². The summed E-state index contributed by atoms with van der Waals surface area (Å²) < 4.78 is 5.51. The Balaban J connectivity index is 1.21. The molecule has 4 rings (SSSR count). The summed E-state index contributed by atoms with van der Waals surface area (Å²) in [7, 11) is 0. The van der Waals surface area contributed by atoms with Gasteiger partial charge in [-0.1, -0.05) is 48.5 Å². The van der Waals surface area contributed by atoms with E-state index in [0.717, 1.165) is 0 Å². The van der Waals surface area contributed by atoms with Crippen molar-refractivity contribution < 1.29 is 24.2 Å². The van der Waals surface area contributed by atoms with Gasteiger partial charge in [0.15, 0.2) is 0 Å². The third-order valence-corrected chi connectivity index (χ3v) is 5.98. The quantitative estimate of drug-likeness (QED) is 0.539. The molecule has 7 heteroatoms. The fourth-order valence-electron chi connectivity index (χ4n) is 4.24. The molecule has 0 bridgehead atoms. The minimum Gasteiger partial charge on any atom is -0.481 e. The van der Waals surface area contributed by atoms with Gasteiger partial charge in [-0.05, 0) is 41.0 Å². The van der Waals surface area contributed by atoms with Crippen LogP contribution < -0.4 is 10.6 Å². The lowest BCUT2D eigenvalue weighted by atomic mass is 9.98. The first-order valence-electron chi connectivity index (χ1n) is 10.6. The summed E-state index contributed by atoms with van der Waals surface area (Å²) in [5, 5.41) is 14.1. The van der Waals surface area contributed by atoms with Crippen molar-refractivity contribution in [1.29, 1.82) is 0 Å². The third kappa shape index (κ3) is 4.87. The molecule has 0 heterocycles. The van der Waals surface area contributed by atoms with E-state index in [0.29, 0.717) is 25.9 Å². The summed E-state index contributed by atoms with van der Waals surface area (Å²) >= 11 is 0. The Labute approximate surface area is 180 Å². The Bertz CT molecular complexity index is 944. The molecule has 2 atom stereocenters. The smallest absolute Gasteiger partial charge is 0.407 e. The number of hydrogen-bond acceptors (Lipinski definition) is 4. The molecule has 2 aromatic rings. The van der Waals surface area contributed by atoms with Crippen molar-refractivity contribution >= 4 is 18.0 Å². The number of rotatable bonds is 9.